The molecule has 0 amide bonds. The summed E-state index contributed by atoms with van der Waals surface area (Å²) in [5.41, 5.74) is 0.743. The minimum absolute atomic E-state index is 0.290. The number of aliphatic hydroxyl groups excluding tert-OH is 2. The number of hydrogen-bond acceptors (Lipinski definition) is 3. The van der Waals surface area contributed by atoms with E-state index in [1.54, 1.807) is 6.92 Å². The number of rotatable bonds is 6. The maximum Gasteiger partial charge on any atom is 0.125 e. The molecular formula is C16H23BrO3. The molecule has 0 bridgehead atoms. The second-order valence-corrected chi connectivity index (χ2v) is 6.62. The minimum Gasteiger partial charge on any atom is -0.491 e. The SMILES string of the molecule is C[C@H](O)c1cc(Br)ccc1OCC(O)CC1CCCC1. The number of ether oxygens (including phenoxy) is 1. The van der Waals surface area contributed by atoms with Crippen molar-refractivity contribution in [2.75, 3.05) is 6.61 Å². The van der Waals surface area contributed by atoms with Crippen LogP contribution in [-0.4, -0.2) is 22.9 Å². The fourth-order valence-corrected chi connectivity index (χ4v) is 3.24. The van der Waals surface area contributed by atoms with Crippen LogP contribution in [0.1, 0.15) is 50.7 Å². The van der Waals surface area contributed by atoms with Crippen LogP contribution in [0.3, 0.4) is 0 Å². The predicted molar refractivity (Wildman–Crippen MR) is 82.9 cm³/mol. The van der Waals surface area contributed by atoms with Crippen molar-refractivity contribution in [2.24, 2.45) is 5.92 Å². The first-order chi connectivity index (χ1) is 9.56. The van der Waals surface area contributed by atoms with Gasteiger partial charge in [0.2, 0.25) is 0 Å². The lowest BCUT2D eigenvalue weighted by atomic mass is 10.0. The quantitative estimate of drug-likeness (QED) is 0.826. The fraction of sp³-hybridized carbons (Fsp3) is 0.625. The van der Waals surface area contributed by atoms with Crippen molar-refractivity contribution in [3.05, 3.63) is 28.2 Å². The van der Waals surface area contributed by atoms with E-state index in [4.69, 9.17) is 4.74 Å². The van der Waals surface area contributed by atoms with E-state index >= 15 is 0 Å². The lowest BCUT2D eigenvalue weighted by Crippen LogP contribution is -2.21. The van der Waals surface area contributed by atoms with Crippen LogP contribution >= 0.6 is 15.9 Å². The van der Waals surface area contributed by atoms with Gasteiger partial charge in [0.1, 0.15) is 12.4 Å². The standard InChI is InChI=1S/C16H23BrO3/c1-11(18)15-9-13(17)6-7-16(15)20-10-14(19)8-12-4-2-3-5-12/h6-7,9,11-12,14,18-19H,2-5,8,10H2,1H3/t11-,14?/m0/s1. The summed E-state index contributed by atoms with van der Waals surface area (Å²) >= 11 is 3.39. The first-order valence-electron chi connectivity index (χ1n) is 7.34. The molecule has 1 unspecified atom stereocenters. The molecule has 4 heteroatoms. The first-order valence-corrected chi connectivity index (χ1v) is 8.14. The summed E-state index contributed by atoms with van der Waals surface area (Å²) in [5.74, 6) is 1.29. The molecule has 1 saturated carbocycles. The molecule has 112 valence electrons. The normalized spacial score (nSPS) is 19.0. The molecule has 2 atom stereocenters. The third-order valence-corrected chi connectivity index (χ3v) is 4.43. The smallest absolute Gasteiger partial charge is 0.125 e. The molecule has 2 N–H and O–H groups in total. The Morgan fingerprint density at radius 1 is 1.30 bits per heavy atom. The topological polar surface area (TPSA) is 49.7 Å². The Morgan fingerprint density at radius 3 is 2.65 bits per heavy atom. The second-order valence-electron chi connectivity index (χ2n) is 5.71. The van der Waals surface area contributed by atoms with Gasteiger partial charge in [-0.3, -0.25) is 0 Å². The van der Waals surface area contributed by atoms with Crippen LogP contribution in [0.2, 0.25) is 0 Å². The molecule has 0 saturated heterocycles. The number of hydrogen-bond donors (Lipinski definition) is 2. The summed E-state index contributed by atoms with van der Waals surface area (Å²) in [6, 6.07) is 5.56. The average molecular weight is 343 g/mol. The second kappa shape index (κ2) is 7.43. The van der Waals surface area contributed by atoms with Crippen molar-refractivity contribution in [2.45, 2.75) is 51.2 Å². The molecule has 1 aromatic rings. The minimum atomic E-state index is -0.588. The fourth-order valence-electron chi connectivity index (χ4n) is 2.86. The van der Waals surface area contributed by atoms with E-state index in [0.29, 0.717) is 11.7 Å². The summed E-state index contributed by atoms with van der Waals surface area (Å²) in [7, 11) is 0. The average Bonchev–Trinajstić information content (AvgIpc) is 2.90. The highest BCUT2D eigenvalue weighted by molar-refractivity contribution is 9.10. The van der Waals surface area contributed by atoms with Crippen LogP contribution in [0.15, 0.2) is 22.7 Å². The highest BCUT2D eigenvalue weighted by Gasteiger charge is 2.19. The van der Waals surface area contributed by atoms with Gasteiger partial charge in [0.05, 0.1) is 12.2 Å². The number of aliphatic hydroxyl groups is 2. The molecule has 1 aliphatic rings. The van der Waals surface area contributed by atoms with Crippen LogP contribution in [0.5, 0.6) is 5.75 Å². The van der Waals surface area contributed by atoms with Gasteiger partial charge in [0.15, 0.2) is 0 Å². The summed E-state index contributed by atoms with van der Waals surface area (Å²) < 4.78 is 6.60. The third-order valence-electron chi connectivity index (χ3n) is 3.93. The van der Waals surface area contributed by atoms with Crippen LogP contribution in [0.25, 0.3) is 0 Å². The monoisotopic (exact) mass is 342 g/mol. The lowest BCUT2D eigenvalue weighted by molar-refractivity contribution is 0.0832. The summed E-state index contributed by atoms with van der Waals surface area (Å²) in [6.07, 6.45) is 4.84. The Kier molecular flexibility index (Phi) is 5.87. The van der Waals surface area contributed by atoms with Gasteiger partial charge in [-0.25, -0.2) is 0 Å². The van der Waals surface area contributed by atoms with E-state index in [1.165, 1.54) is 25.7 Å². The van der Waals surface area contributed by atoms with Crippen LogP contribution in [0, 0.1) is 5.92 Å². The van der Waals surface area contributed by atoms with E-state index in [2.05, 4.69) is 15.9 Å². The maximum atomic E-state index is 10.1. The summed E-state index contributed by atoms with van der Waals surface area (Å²) in [6.45, 7) is 2.00. The van der Waals surface area contributed by atoms with Crippen molar-refractivity contribution < 1.29 is 14.9 Å². The van der Waals surface area contributed by atoms with Gasteiger partial charge in [0.25, 0.3) is 0 Å². The van der Waals surface area contributed by atoms with Gasteiger partial charge < -0.3 is 14.9 Å². The van der Waals surface area contributed by atoms with Gasteiger partial charge in [-0.2, -0.15) is 0 Å². The molecule has 0 spiro atoms. The summed E-state index contributed by atoms with van der Waals surface area (Å²) in [4.78, 5) is 0. The first kappa shape index (κ1) is 15.8. The molecule has 0 aliphatic heterocycles. The van der Waals surface area contributed by atoms with Crippen molar-refractivity contribution in [1.29, 1.82) is 0 Å². The number of benzene rings is 1. The van der Waals surface area contributed by atoms with Crippen molar-refractivity contribution in [3.63, 3.8) is 0 Å². The van der Waals surface area contributed by atoms with Gasteiger partial charge in [-0.15, -0.1) is 0 Å². The van der Waals surface area contributed by atoms with E-state index in [0.717, 1.165) is 16.5 Å². The number of halogens is 1. The maximum absolute atomic E-state index is 10.1. The van der Waals surface area contributed by atoms with Gasteiger partial charge in [-0.1, -0.05) is 41.6 Å². The van der Waals surface area contributed by atoms with Crippen LogP contribution < -0.4 is 4.74 Å². The van der Waals surface area contributed by atoms with Gasteiger partial charge >= 0.3 is 0 Å². The van der Waals surface area contributed by atoms with Crippen molar-refractivity contribution in [1.82, 2.24) is 0 Å². The third kappa shape index (κ3) is 4.47. The Labute approximate surface area is 129 Å². The Balaban J connectivity index is 1.89. The molecule has 3 nitrogen and oxygen atoms in total. The van der Waals surface area contributed by atoms with Crippen LogP contribution in [0.4, 0.5) is 0 Å². The summed E-state index contributed by atoms with van der Waals surface area (Å²) in [5, 5.41) is 19.8. The molecule has 2 rings (SSSR count). The molecule has 0 aromatic heterocycles. The highest BCUT2D eigenvalue weighted by Crippen LogP contribution is 2.30. The molecular weight excluding hydrogens is 320 g/mol. The predicted octanol–water partition coefficient (Wildman–Crippen LogP) is 3.82. The molecule has 0 radical (unpaired) electrons. The largest absolute Gasteiger partial charge is 0.491 e. The Bertz CT molecular complexity index is 428. The van der Waals surface area contributed by atoms with Gasteiger partial charge in [-0.05, 0) is 37.5 Å². The van der Waals surface area contributed by atoms with E-state index in [1.807, 2.05) is 18.2 Å². The molecule has 1 aliphatic carbocycles. The zero-order valence-corrected chi connectivity index (χ0v) is 13.5. The Hall–Kier alpha value is -0.580. The van der Waals surface area contributed by atoms with Crippen molar-refractivity contribution >= 4 is 15.9 Å². The van der Waals surface area contributed by atoms with Gasteiger partial charge in [0, 0.05) is 10.0 Å². The molecule has 0 heterocycles. The molecule has 1 aromatic carbocycles. The molecule has 20 heavy (non-hydrogen) atoms. The zero-order valence-electron chi connectivity index (χ0n) is 11.9. The Morgan fingerprint density at radius 2 is 2.00 bits per heavy atom. The highest BCUT2D eigenvalue weighted by atomic mass is 79.9. The molecule has 1 fully saturated rings. The zero-order chi connectivity index (χ0) is 14.5. The van der Waals surface area contributed by atoms with Crippen LogP contribution in [-0.2, 0) is 0 Å². The lowest BCUT2D eigenvalue weighted by Gasteiger charge is -2.18. The van der Waals surface area contributed by atoms with E-state index < -0.39 is 12.2 Å². The van der Waals surface area contributed by atoms with E-state index in [9.17, 15) is 10.2 Å². The van der Waals surface area contributed by atoms with E-state index in [-0.39, 0.29) is 6.61 Å². The van der Waals surface area contributed by atoms with Crippen molar-refractivity contribution in [3.8, 4) is 5.75 Å².